The standard InChI is InChI=1S/C24H35N7O8/c1-25-16(14-19(34)28-10-8-26-17(32)6-12-30-21(36)2-3-22(30)37)15-20(35)29-11-9-27-18(33)7-13-31-23(38)4-5-24(31)39/h2-3,16,25H,4-15H2,1H3,(H,26,32)(H,27,33)(H,28,34)(H,29,35). The van der Waals surface area contributed by atoms with E-state index in [-0.39, 0.29) is 113 Å². The number of amides is 8. The molecular formula is C24H35N7O8. The number of nitrogens with zero attached hydrogens (tertiary/aromatic N) is 2. The monoisotopic (exact) mass is 549 g/mol. The summed E-state index contributed by atoms with van der Waals surface area (Å²) in [4.78, 5) is 96.1. The highest BCUT2D eigenvalue weighted by Gasteiger charge is 2.28. The van der Waals surface area contributed by atoms with Crippen LogP contribution in [0.5, 0.6) is 0 Å². The van der Waals surface area contributed by atoms with E-state index in [0.29, 0.717) is 0 Å². The summed E-state index contributed by atoms with van der Waals surface area (Å²) in [6.45, 7) is 0.677. The van der Waals surface area contributed by atoms with Gasteiger partial charge in [-0.1, -0.05) is 0 Å². The van der Waals surface area contributed by atoms with Gasteiger partial charge in [0.05, 0.1) is 0 Å². The van der Waals surface area contributed by atoms with Crippen LogP contribution in [-0.4, -0.2) is 109 Å². The number of likely N-dealkylation sites (tertiary alicyclic amines) is 1. The lowest BCUT2D eigenvalue weighted by atomic mass is 10.1. The van der Waals surface area contributed by atoms with Crippen molar-refractivity contribution in [2.75, 3.05) is 46.3 Å². The second-order valence-corrected chi connectivity index (χ2v) is 8.89. The molecule has 15 nitrogen and oxygen atoms in total. The van der Waals surface area contributed by atoms with Crippen LogP contribution in [0, 0.1) is 0 Å². The summed E-state index contributed by atoms with van der Waals surface area (Å²) in [6.07, 6.45) is 2.63. The number of nitrogens with one attached hydrogen (secondary N) is 5. The van der Waals surface area contributed by atoms with Gasteiger partial charge in [0.2, 0.25) is 35.4 Å². The molecule has 0 radical (unpaired) electrons. The van der Waals surface area contributed by atoms with Gasteiger partial charge in [-0.25, -0.2) is 0 Å². The molecule has 214 valence electrons. The predicted octanol–water partition coefficient (Wildman–Crippen LogP) is -3.33. The van der Waals surface area contributed by atoms with Gasteiger partial charge in [0, 0.05) is 96.0 Å². The van der Waals surface area contributed by atoms with Crippen molar-refractivity contribution in [2.24, 2.45) is 0 Å². The number of imide groups is 2. The summed E-state index contributed by atoms with van der Waals surface area (Å²) in [5.41, 5.74) is 0. The zero-order valence-electron chi connectivity index (χ0n) is 21.9. The second kappa shape index (κ2) is 16.0. The first kappa shape index (κ1) is 31.1. The van der Waals surface area contributed by atoms with Crippen LogP contribution in [0.4, 0.5) is 0 Å². The van der Waals surface area contributed by atoms with Gasteiger partial charge in [-0.2, -0.15) is 0 Å². The molecule has 8 amide bonds. The molecule has 2 heterocycles. The second-order valence-electron chi connectivity index (χ2n) is 8.89. The van der Waals surface area contributed by atoms with Gasteiger partial charge in [-0.3, -0.25) is 48.2 Å². The van der Waals surface area contributed by atoms with E-state index in [9.17, 15) is 38.4 Å². The van der Waals surface area contributed by atoms with E-state index in [2.05, 4.69) is 26.6 Å². The Hall–Kier alpha value is -4.14. The Labute approximate surface area is 225 Å². The summed E-state index contributed by atoms with van der Waals surface area (Å²) in [7, 11) is 1.62. The normalized spacial score (nSPS) is 15.5. The number of hydrogen-bond donors (Lipinski definition) is 5. The Balaban J connectivity index is 1.51. The molecule has 0 aromatic rings. The van der Waals surface area contributed by atoms with Crippen molar-refractivity contribution in [3.05, 3.63) is 12.2 Å². The highest BCUT2D eigenvalue weighted by molar-refractivity contribution is 6.13. The van der Waals surface area contributed by atoms with Gasteiger partial charge in [0.25, 0.3) is 11.8 Å². The van der Waals surface area contributed by atoms with Crippen molar-refractivity contribution in [1.82, 2.24) is 36.4 Å². The Kier molecular flexibility index (Phi) is 12.7. The molecule has 0 saturated carbocycles. The minimum Gasteiger partial charge on any atom is -0.354 e. The van der Waals surface area contributed by atoms with Crippen LogP contribution in [0.2, 0.25) is 0 Å². The van der Waals surface area contributed by atoms with Gasteiger partial charge in [0.1, 0.15) is 0 Å². The molecule has 0 aromatic heterocycles. The van der Waals surface area contributed by atoms with E-state index in [4.69, 9.17) is 0 Å². The minimum atomic E-state index is -0.456. The molecule has 0 bridgehead atoms. The van der Waals surface area contributed by atoms with Crippen LogP contribution in [0.1, 0.15) is 38.5 Å². The molecule has 1 unspecified atom stereocenters. The van der Waals surface area contributed by atoms with E-state index >= 15 is 0 Å². The SMILES string of the molecule is CNC(CC(=O)NCCNC(=O)CCN1C(=O)C=CC1=O)CC(=O)NCCNC(=O)CCN1C(=O)CCC1=O. The Bertz CT molecular complexity index is 938. The van der Waals surface area contributed by atoms with Crippen molar-refractivity contribution in [1.29, 1.82) is 0 Å². The highest BCUT2D eigenvalue weighted by atomic mass is 16.2. The van der Waals surface area contributed by atoms with Crippen molar-refractivity contribution in [3.63, 3.8) is 0 Å². The summed E-state index contributed by atoms with van der Waals surface area (Å²) in [5, 5.41) is 13.4. The molecule has 15 heteroatoms. The van der Waals surface area contributed by atoms with E-state index in [1.165, 1.54) is 0 Å². The van der Waals surface area contributed by atoms with Crippen molar-refractivity contribution < 1.29 is 38.4 Å². The zero-order chi connectivity index (χ0) is 28.8. The van der Waals surface area contributed by atoms with E-state index in [1.54, 1.807) is 7.05 Å². The summed E-state index contributed by atoms with van der Waals surface area (Å²) >= 11 is 0. The molecule has 39 heavy (non-hydrogen) atoms. The summed E-state index contributed by atoms with van der Waals surface area (Å²) < 4.78 is 0. The molecule has 0 aliphatic carbocycles. The molecule has 0 spiro atoms. The lowest BCUT2D eigenvalue weighted by Gasteiger charge is -2.16. The Morgan fingerprint density at radius 1 is 0.667 bits per heavy atom. The predicted molar refractivity (Wildman–Crippen MR) is 135 cm³/mol. The van der Waals surface area contributed by atoms with Gasteiger partial charge in [-0.15, -0.1) is 0 Å². The number of carbonyl (C=O) groups excluding carboxylic acids is 8. The van der Waals surface area contributed by atoms with Crippen LogP contribution in [0.15, 0.2) is 12.2 Å². The van der Waals surface area contributed by atoms with Gasteiger partial charge in [0.15, 0.2) is 0 Å². The maximum Gasteiger partial charge on any atom is 0.253 e. The van der Waals surface area contributed by atoms with Crippen molar-refractivity contribution in [3.8, 4) is 0 Å². The van der Waals surface area contributed by atoms with Crippen LogP contribution in [0.25, 0.3) is 0 Å². The first-order valence-corrected chi connectivity index (χ1v) is 12.7. The maximum atomic E-state index is 12.2. The fourth-order valence-electron chi connectivity index (χ4n) is 3.80. The van der Waals surface area contributed by atoms with Crippen LogP contribution < -0.4 is 26.6 Å². The van der Waals surface area contributed by atoms with Crippen LogP contribution >= 0.6 is 0 Å². The Morgan fingerprint density at radius 2 is 1.05 bits per heavy atom. The van der Waals surface area contributed by atoms with E-state index < -0.39 is 17.9 Å². The molecule has 5 N–H and O–H groups in total. The van der Waals surface area contributed by atoms with E-state index in [1.807, 2.05) is 0 Å². The molecule has 2 rings (SSSR count). The molecular weight excluding hydrogens is 514 g/mol. The number of hydrogen-bond acceptors (Lipinski definition) is 9. The molecule has 2 aliphatic heterocycles. The van der Waals surface area contributed by atoms with Crippen molar-refractivity contribution in [2.45, 2.75) is 44.6 Å². The number of rotatable bonds is 17. The zero-order valence-corrected chi connectivity index (χ0v) is 21.9. The fourth-order valence-corrected chi connectivity index (χ4v) is 3.80. The molecule has 1 fully saturated rings. The van der Waals surface area contributed by atoms with Gasteiger partial charge in [-0.05, 0) is 7.05 Å². The molecule has 1 atom stereocenters. The van der Waals surface area contributed by atoms with Gasteiger partial charge < -0.3 is 26.6 Å². The van der Waals surface area contributed by atoms with Crippen LogP contribution in [0.3, 0.4) is 0 Å². The van der Waals surface area contributed by atoms with Crippen molar-refractivity contribution >= 4 is 47.3 Å². The van der Waals surface area contributed by atoms with Gasteiger partial charge >= 0.3 is 0 Å². The molecule has 2 aliphatic rings. The summed E-state index contributed by atoms with van der Waals surface area (Å²) in [5.74, 6) is -2.81. The smallest absolute Gasteiger partial charge is 0.253 e. The number of carbonyl (C=O) groups is 8. The third-order valence-electron chi connectivity index (χ3n) is 5.99. The maximum absolute atomic E-state index is 12.2. The largest absolute Gasteiger partial charge is 0.354 e. The third-order valence-corrected chi connectivity index (χ3v) is 5.99. The fraction of sp³-hybridized carbons (Fsp3) is 0.583. The minimum absolute atomic E-state index is 0.00954. The average Bonchev–Trinajstić information content (AvgIpc) is 3.40. The molecule has 0 aromatic carbocycles. The first-order chi connectivity index (χ1) is 18.6. The Morgan fingerprint density at radius 3 is 1.46 bits per heavy atom. The lowest BCUT2D eigenvalue weighted by Crippen LogP contribution is -2.41. The third kappa shape index (κ3) is 11.0. The average molecular weight is 550 g/mol. The summed E-state index contributed by atoms with van der Waals surface area (Å²) in [6, 6.07) is -0.436. The molecule has 1 saturated heterocycles. The first-order valence-electron chi connectivity index (χ1n) is 12.7. The van der Waals surface area contributed by atoms with E-state index in [0.717, 1.165) is 22.0 Å². The highest BCUT2D eigenvalue weighted by Crippen LogP contribution is 2.11. The quantitative estimate of drug-likeness (QED) is 0.0908. The topological polar surface area (TPSA) is 203 Å². The lowest BCUT2D eigenvalue weighted by molar-refractivity contribution is -0.140. The van der Waals surface area contributed by atoms with Crippen LogP contribution in [-0.2, 0) is 38.4 Å².